The minimum Gasteiger partial charge on any atom is -0.454 e. The Balaban J connectivity index is 1.44. The van der Waals surface area contributed by atoms with Gasteiger partial charge in [-0.05, 0) is 48.9 Å². The maximum atomic E-state index is 12.8. The van der Waals surface area contributed by atoms with Crippen molar-refractivity contribution in [1.82, 2.24) is 4.98 Å². The number of halogens is 3. The van der Waals surface area contributed by atoms with Crippen LogP contribution in [0.15, 0.2) is 54.6 Å². The molecule has 10 heteroatoms. The van der Waals surface area contributed by atoms with Gasteiger partial charge in [0.2, 0.25) is 0 Å². The summed E-state index contributed by atoms with van der Waals surface area (Å²) in [6.07, 6.45) is -4.55. The molecule has 1 aromatic heterocycles. The summed E-state index contributed by atoms with van der Waals surface area (Å²) in [4.78, 5) is 19.5. The van der Waals surface area contributed by atoms with E-state index in [1.807, 2.05) is 23.1 Å². The van der Waals surface area contributed by atoms with Gasteiger partial charge in [-0.2, -0.15) is 0 Å². The van der Waals surface area contributed by atoms with Crippen molar-refractivity contribution in [3.8, 4) is 28.5 Å². The molecule has 0 radical (unpaired) electrons. The number of hydrogen-bond donors (Lipinski definition) is 2. The Morgan fingerprint density at radius 1 is 1.12 bits per heavy atom. The zero-order valence-corrected chi connectivity index (χ0v) is 17.1. The number of benzene rings is 2. The van der Waals surface area contributed by atoms with Gasteiger partial charge in [-0.3, -0.25) is 4.79 Å². The van der Waals surface area contributed by atoms with E-state index < -0.39 is 18.0 Å². The molecule has 2 aliphatic heterocycles. The van der Waals surface area contributed by atoms with Crippen LogP contribution in [0.3, 0.4) is 0 Å². The molecule has 0 spiro atoms. The number of carbonyl (C=O) groups is 1. The van der Waals surface area contributed by atoms with Gasteiger partial charge in [0.05, 0.1) is 23.0 Å². The van der Waals surface area contributed by atoms with Crippen molar-refractivity contribution in [3.05, 3.63) is 60.2 Å². The van der Waals surface area contributed by atoms with Gasteiger partial charge < -0.3 is 24.8 Å². The molecule has 2 aliphatic rings. The Bertz CT molecular complexity index is 1230. The molecule has 170 valence electrons. The Morgan fingerprint density at radius 2 is 1.94 bits per heavy atom. The first-order valence-electron chi connectivity index (χ1n) is 10.2. The Kier molecular flexibility index (Phi) is 5.09. The summed E-state index contributed by atoms with van der Waals surface area (Å²) in [5.41, 5.74) is 1.58. The summed E-state index contributed by atoms with van der Waals surface area (Å²) in [7, 11) is 0. The van der Waals surface area contributed by atoms with Gasteiger partial charge in [0.1, 0.15) is 17.3 Å². The number of β-amino-alcohol motifs (C(OH)–C–C–N with tert-alkyl or cyclic N) is 1. The van der Waals surface area contributed by atoms with E-state index in [0.29, 0.717) is 30.8 Å². The monoisotopic (exact) mass is 457 g/mol. The lowest BCUT2D eigenvalue weighted by atomic mass is 10.1. The highest BCUT2D eigenvalue weighted by Gasteiger charge is 2.32. The van der Waals surface area contributed by atoms with E-state index in [4.69, 9.17) is 4.74 Å². The zero-order chi connectivity index (χ0) is 23.2. The zero-order valence-electron chi connectivity index (χ0n) is 17.1. The molecule has 5 rings (SSSR count). The SMILES string of the molecule is O=C1Nc2cc(OC(F)(F)F)ccc2Oc2ccc(-c3cccc(N4CC[C@H](O)C4)n3)cc21. The van der Waals surface area contributed by atoms with Gasteiger partial charge in [0.25, 0.3) is 5.91 Å². The molecule has 1 saturated heterocycles. The van der Waals surface area contributed by atoms with Crippen LogP contribution in [0.2, 0.25) is 0 Å². The molecule has 1 fully saturated rings. The van der Waals surface area contributed by atoms with Crippen LogP contribution in [-0.2, 0) is 0 Å². The van der Waals surface area contributed by atoms with Crippen LogP contribution in [-0.4, -0.2) is 41.6 Å². The van der Waals surface area contributed by atoms with Crippen LogP contribution < -0.4 is 19.7 Å². The molecule has 3 aromatic rings. The lowest BCUT2D eigenvalue weighted by molar-refractivity contribution is -0.274. The minimum absolute atomic E-state index is 0.0622. The number of anilines is 2. The number of aliphatic hydroxyl groups is 1. The topological polar surface area (TPSA) is 83.9 Å². The molecule has 2 aromatic carbocycles. The van der Waals surface area contributed by atoms with Crippen LogP contribution in [0.1, 0.15) is 16.8 Å². The largest absolute Gasteiger partial charge is 0.573 e. The second-order valence-electron chi connectivity index (χ2n) is 7.74. The predicted molar refractivity (Wildman–Crippen MR) is 114 cm³/mol. The van der Waals surface area contributed by atoms with Crippen LogP contribution in [0, 0.1) is 0 Å². The number of ether oxygens (including phenoxy) is 2. The van der Waals surface area contributed by atoms with Crippen LogP contribution in [0.25, 0.3) is 11.3 Å². The molecule has 1 atom stereocenters. The van der Waals surface area contributed by atoms with Gasteiger partial charge in [-0.25, -0.2) is 4.98 Å². The number of fused-ring (bicyclic) bond motifs is 2. The van der Waals surface area contributed by atoms with Gasteiger partial charge in [-0.15, -0.1) is 13.2 Å². The molecule has 0 bridgehead atoms. The van der Waals surface area contributed by atoms with Crippen molar-refractivity contribution in [2.45, 2.75) is 18.9 Å². The second-order valence-corrected chi connectivity index (χ2v) is 7.74. The molecular formula is C23H18F3N3O4. The Labute approximate surface area is 186 Å². The third kappa shape index (κ3) is 4.42. The van der Waals surface area contributed by atoms with E-state index in [-0.39, 0.29) is 28.9 Å². The first kappa shape index (κ1) is 21.1. The molecule has 1 amide bonds. The van der Waals surface area contributed by atoms with E-state index in [1.54, 1.807) is 18.2 Å². The van der Waals surface area contributed by atoms with Gasteiger partial charge in [0, 0.05) is 24.7 Å². The quantitative estimate of drug-likeness (QED) is 0.599. The first-order valence-corrected chi connectivity index (χ1v) is 10.2. The standard InChI is InChI=1S/C23H18F3N3O4/c24-23(25,26)33-15-5-7-20-18(11-15)28-22(31)16-10-13(4-6-19(16)32-20)17-2-1-3-21(27-17)29-9-8-14(30)12-29/h1-7,10-11,14,30H,8-9,12H2,(H,28,31)/t14-/m0/s1. The average molecular weight is 457 g/mol. The Morgan fingerprint density at radius 3 is 2.70 bits per heavy atom. The van der Waals surface area contributed by atoms with Crippen LogP contribution in [0.4, 0.5) is 24.7 Å². The third-order valence-corrected chi connectivity index (χ3v) is 5.39. The smallest absolute Gasteiger partial charge is 0.454 e. The van der Waals surface area contributed by atoms with Gasteiger partial charge >= 0.3 is 6.36 Å². The van der Waals surface area contributed by atoms with Crippen LogP contribution in [0.5, 0.6) is 17.2 Å². The Hall–Kier alpha value is -3.79. The first-order chi connectivity index (χ1) is 15.7. The van der Waals surface area contributed by atoms with E-state index in [2.05, 4.69) is 15.0 Å². The number of alkyl halides is 3. The molecule has 7 nitrogen and oxygen atoms in total. The maximum absolute atomic E-state index is 12.8. The number of aliphatic hydroxyl groups excluding tert-OH is 1. The number of pyridine rings is 1. The lowest BCUT2D eigenvalue weighted by Crippen LogP contribution is -2.22. The summed E-state index contributed by atoms with van der Waals surface area (Å²) in [6.45, 7) is 1.21. The summed E-state index contributed by atoms with van der Waals surface area (Å²) < 4.78 is 47.3. The van der Waals surface area contributed by atoms with Crippen molar-refractivity contribution >= 4 is 17.4 Å². The molecule has 0 aliphatic carbocycles. The van der Waals surface area contributed by atoms with Gasteiger partial charge in [-0.1, -0.05) is 6.07 Å². The number of aromatic nitrogens is 1. The fourth-order valence-corrected chi connectivity index (χ4v) is 3.87. The fraction of sp³-hybridized carbons (Fsp3) is 0.217. The van der Waals surface area contributed by atoms with E-state index >= 15 is 0 Å². The van der Waals surface area contributed by atoms with Crippen molar-refractivity contribution in [2.75, 3.05) is 23.3 Å². The highest BCUT2D eigenvalue weighted by atomic mass is 19.4. The fourth-order valence-electron chi connectivity index (χ4n) is 3.87. The lowest BCUT2D eigenvalue weighted by Gasteiger charge is -2.17. The van der Waals surface area contributed by atoms with E-state index in [1.165, 1.54) is 6.07 Å². The van der Waals surface area contributed by atoms with E-state index in [0.717, 1.165) is 18.0 Å². The minimum atomic E-state index is -4.85. The number of nitrogens with zero attached hydrogens (tertiary/aromatic N) is 2. The summed E-state index contributed by atoms with van der Waals surface area (Å²) >= 11 is 0. The molecule has 33 heavy (non-hydrogen) atoms. The third-order valence-electron chi connectivity index (χ3n) is 5.39. The second kappa shape index (κ2) is 7.96. The normalized spacial score (nSPS) is 17.5. The van der Waals surface area contributed by atoms with Crippen molar-refractivity contribution < 1.29 is 32.5 Å². The van der Waals surface area contributed by atoms with Crippen molar-refractivity contribution in [1.29, 1.82) is 0 Å². The van der Waals surface area contributed by atoms with E-state index in [9.17, 15) is 23.1 Å². The predicted octanol–water partition coefficient (Wildman–Crippen LogP) is 4.58. The van der Waals surface area contributed by atoms with Crippen LogP contribution >= 0.6 is 0 Å². The summed E-state index contributed by atoms with van der Waals surface area (Å²) in [6, 6.07) is 14.0. The highest BCUT2D eigenvalue weighted by molar-refractivity contribution is 6.08. The highest BCUT2D eigenvalue weighted by Crippen LogP contribution is 2.40. The summed E-state index contributed by atoms with van der Waals surface area (Å²) in [5, 5.41) is 12.4. The number of carbonyl (C=O) groups excluding carboxylic acids is 1. The molecule has 0 unspecified atom stereocenters. The number of rotatable bonds is 3. The number of nitrogens with one attached hydrogen (secondary N) is 1. The maximum Gasteiger partial charge on any atom is 0.573 e. The molecular weight excluding hydrogens is 439 g/mol. The molecule has 3 heterocycles. The van der Waals surface area contributed by atoms with Crippen molar-refractivity contribution in [2.24, 2.45) is 0 Å². The average Bonchev–Trinajstić information content (AvgIpc) is 3.15. The van der Waals surface area contributed by atoms with Crippen molar-refractivity contribution in [3.63, 3.8) is 0 Å². The number of hydrogen-bond acceptors (Lipinski definition) is 6. The summed E-state index contributed by atoms with van der Waals surface area (Å²) in [5.74, 6) is 0.179. The molecule has 2 N–H and O–H groups in total. The number of amides is 1. The van der Waals surface area contributed by atoms with Gasteiger partial charge in [0.15, 0.2) is 5.75 Å². The molecule has 0 saturated carbocycles.